The summed E-state index contributed by atoms with van der Waals surface area (Å²) in [5, 5.41) is 16.5. The van der Waals surface area contributed by atoms with Gasteiger partial charge in [0, 0.05) is 0 Å². The molecule has 0 saturated heterocycles. The molecule has 4 heteroatoms. The van der Waals surface area contributed by atoms with Gasteiger partial charge in [-0.2, -0.15) is 0 Å². The van der Waals surface area contributed by atoms with Crippen molar-refractivity contribution in [3.63, 3.8) is 0 Å². The molecule has 0 radical (unpaired) electrons. The molecule has 0 aliphatic heterocycles. The molecule has 0 heterocycles. The highest BCUT2D eigenvalue weighted by atomic mass is 16.5. The third-order valence-electron chi connectivity index (χ3n) is 0.804. The standard InChI is InChI=1S/C6H10O4/c1-5(4-8)6(9)10-3-2-7/h7-8H,1-4H2. The lowest BCUT2D eigenvalue weighted by atomic mass is 10.3. The lowest BCUT2D eigenvalue weighted by Gasteiger charge is -2.01. The van der Waals surface area contributed by atoms with E-state index in [-0.39, 0.29) is 18.8 Å². The van der Waals surface area contributed by atoms with Crippen LogP contribution in [0.15, 0.2) is 12.2 Å². The largest absolute Gasteiger partial charge is 0.460 e. The van der Waals surface area contributed by atoms with Crippen LogP contribution < -0.4 is 0 Å². The number of carbonyl (C=O) groups excluding carboxylic acids is 1. The fourth-order valence-electron chi connectivity index (χ4n) is 0.305. The Labute approximate surface area is 58.7 Å². The molecule has 0 aliphatic rings. The molecule has 0 aromatic carbocycles. The van der Waals surface area contributed by atoms with Gasteiger partial charge in [0.2, 0.25) is 0 Å². The Balaban J connectivity index is 3.52. The van der Waals surface area contributed by atoms with Crippen molar-refractivity contribution in [2.45, 2.75) is 0 Å². The first-order valence-corrected chi connectivity index (χ1v) is 2.79. The SMILES string of the molecule is C=C(CO)C(=O)OCCO. The van der Waals surface area contributed by atoms with Crippen LogP contribution in [0.4, 0.5) is 0 Å². The summed E-state index contributed by atoms with van der Waals surface area (Å²) in [5.41, 5.74) is -0.00606. The molecule has 58 valence electrons. The second-order valence-electron chi connectivity index (χ2n) is 1.62. The molecular formula is C6H10O4. The van der Waals surface area contributed by atoms with Crippen LogP contribution in [0.1, 0.15) is 0 Å². The average molecular weight is 146 g/mol. The van der Waals surface area contributed by atoms with Crippen molar-refractivity contribution < 1.29 is 19.7 Å². The number of aliphatic hydroxyl groups is 2. The number of esters is 1. The van der Waals surface area contributed by atoms with Crippen LogP contribution in [0.3, 0.4) is 0 Å². The van der Waals surface area contributed by atoms with E-state index in [2.05, 4.69) is 11.3 Å². The lowest BCUT2D eigenvalue weighted by molar-refractivity contribution is -0.140. The molecule has 0 bridgehead atoms. The molecule has 4 nitrogen and oxygen atoms in total. The summed E-state index contributed by atoms with van der Waals surface area (Å²) < 4.78 is 4.40. The van der Waals surface area contributed by atoms with Crippen molar-refractivity contribution >= 4 is 5.97 Å². The molecule has 0 aromatic heterocycles. The van der Waals surface area contributed by atoms with Gasteiger partial charge in [-0.05, 0) is 0 Å². The minimum absolute atomic E-state index is 0.00606. The summed E-state index contributed by atoms with van der Waals surface area (Å²) in [5.74, 6) is -0.670. The smallest absolute Gasteiger partial charge is 0.335 e. The predicted molar refractivity (Wildman–Crippen MR) is 34.3 cm³/mol. The Hall–Kier alpha value is -0.870. The van der Waals surface area contributed by atoms with Gasteiger partial charge >= 0.3 is 5.97 Å². The fourth-order valence-corrected chi connectivity index (χ4v) is 0.305. The Morgan fingerprint density at radius 2 is 2.10 bits per heavy atom. The second-order valence-corrected chi connectivity index (χ2v) is 1.62. The summed E-state index contributed by atoms with van der Waals surface area (Å²) >= 11 is 0. The molecule has 0 aromatic rings. The number of rotatable bonds is 4. The number of carbonyl (C=O) groups is 1. The highest BCUT2D eigenvalue weighted by Gasteiger charge is 2.04. The van der Waals surface area contributed by atoms with Crippen molar-refractivity contribution in [2.75, 3.05) is 19.8 Å². The van der Waals surface area contributed by atoms with E-state index in [1.165, 1.54) is 0 Å². The highest BCUT2D eigenvalue weighted by Crippen LogP contribution is 1.91. The van der Waals surface area contributed by atoms with Crippen LogP contribution >= 0.6 is 0 Å². The number of aliphatic hydroxyl groups excluding tert-OH is 2. The van der Waals surface area contributed by atoms with Gasteiger partial charge in [-0.15, -0.1) is 0 Å². The maximum Gasteiger partial charge on any atom is 0.335 e. The first-order valence-electron chi connectivity index (χ1n) is 2.79. The van der Waals surface area contributed by atoms with Crippen molar-refractivity contribution in [1.82, 2.24) is 0 Å². The normalized spacial score (nSPS) is 9.00. The first-order chi connectivity index (χ1) is 4.72. The van der Waals surface area contributed by atoms with E-state index < -0.39 is 12.6 Å². The van der Waals surface area contributed by atoms with E-state index >= 15 is 0 Å². The van der Waals surface area contributed by atoms with E-state index in [0.29, 0.717) is 0 Å². The van der Waals surface area contributed by atoms with Crippen LogP contribution in [0.25, 0.3) is 0 Å². The summed E-state index contributed by atoms with van der Waals surface area (Å²) in [4.78, 5) is 10.5. The molecule has 0 atom stereocenters. The molecule has 0 rings (SSSR count). The molecule has 0 saturated carbocycles. The number of ether oxygens (including phenoxy) is 1. The second kappa shape index (κ2) is 4.96. The van der Waals surface area contributed by atoms with Crippen LogP contribution in [-0.4, -0.2) is 36.0 Å². The zero-order valence-corrected chi connectivity index (χ0v) is 5.54. The summed E-state index contributed by atoms with van der Waals surface area (Å²) in [7, 11) is 0. The monoisotopic (exact) mass is 146 g/mol. The lowest BCUT2D eigenvalue weighted by Crippen LogP contribution is -2.12. The molecule has 0 fully saturated rings. The van der Waals surface area contributed by atoms with Crippen molar-refractivity contribution in [1.29, 1.82) is 0 Å². The van der Waals surface area contributed by atoms with Crippen molar-refractivity contribution in [3.05, 3.63) is 12.2 Å². The van der Waals surface area contributed by atoms with E-state index in [0.717, 1.165) is 0 Å². The Bertz CT molecular complexity index is 130. The average Bonchev–Trinajstić information content (AvgIpc) is 1.98. The fraction of sp³-hybridized carbons (Fsp3) is 0.500. The van der Waals surface area contributed by atoms with Gasteiger partial charge in [0.05, 0.1) is 18.8 Å². The van der Waals surface area contributed by atoms with Gasteiger partial charge in [-0.25, -0.2) is 4.79 Å². The van der Waals surface area contributed by atoms with Gasteiger partial charge < -0.3 is 14.9 Å². The maximum atomic E-state index is 10.5. The van der Waals surface area contributed by atoms with Gasteiger partial charge in [0.15, 0.2) is 0 Å². The predicted octanol–water partition coefficient (Wildman–Crippen LogP) is -0.930. The Morgan fingerprint density at radius 1 is 1.50 bits per heavy atom. The summed E-state index contributed by atoms with van der Waals surface area (Å²) in [6.07, 6.45) is 0. The van der Waals surface area contributed by atoms with E-state index in [1.54, 1.807) is 0 Å². The van der Waals surface area contributed by atoms with E-state index in [1.807, 2.05) is 0 Å². The topological polar surface area (TPSA) is 66.8 Å². The molecule has 0 aliphatic carbocycles. The van der Waals surface area contributed by atoms with Crippen LogP contribution in [0, 0.1) is 0 Å². The Kier molecular flexibility index (Phi) is 4.53. The molecule has 10 heavy (non-hydrogen) atoms. The highest BCUT2D eigenvalue weighted by molar-refractivity contribution is 5.87. The molecule has 0 unspecified atom stereocenters. The van der Waals surface area contributed by atoms with Crippen LogP contribution in [-0.2, 0) is 9.53 Å². The molecule has 2 N–H and O–H groups in total. The van der Waals surface area contributed by atoms with Gasteiger partial charge in [0.1, 0.15) is 6.61 Å². The quantitative estimate of drug-likeness (QED) is 0.397. The first kappa shape index (κ1) is 9.13. The molecular weight excluding hydrogens is 136 g/mol. The van der Waals surface area contributed by atoms with Gasteiger partial charge in [-0.1, -0.05) is 6.58 Å². The van der Waals surface area contributed by atoms with Crippen LogP contribution in [0.5, 0.6) is 0 Å². The third kappa shape index (κ3) is 3.21. The van der Waals surface area contributed by atoms with Gasteiger partial charge in [-0.3, -0.25) is 0 Å². The zero-order chi connectivity index (χ0) is 7.98. The third-order valence-corrected chi connectivity index (χ3v) is 0.804. The summed E-state index contributed by atoms with van der Waals surface area (Å²) in [6.45, 7) is 2.53. The van der Waals surface area contributed by atoms with Crippen molar-refractivity contribution in [3.8, 4) is 0 Å². The Morgan fingerprint density at radius 3 is 2.50 bits per heavy atom. The summed E-state index contributed by atoms with van der Waals surface area (Å²) in [6, 6.07) is 0. The number of hydrogen-bond acceptors (Lipinski definition) is 4. The number of hydrogen-bond donors (Lipinski definition) is 2. The van der Waals surface area contributed by atoms with E-state index in [4.69, 9.17) is 10.2 Å². The zero-order valence-electron chi connectivity index (χ0n) is 5.54. The van der Waals surface area contributed by atoms with Gasteiger partial charge in [0.25, 0.3) is 0 Å². The van der Waals surface area contributed by atoms with E-state index in [9.17, 15) is 4.79 Å². The minimum Gasteiger partial charge on any atom is -0.460 e. The maximum absolute atomic E-state index is 10.5. The minimum atomic E-state index is -0.670. The molecule has 0 amide bonds. The van der Waals surface area contributed by atoms with Crippen molar-refractivity contribution in [2.24, 2.45) is 0 Å². The molecule has 0 spiro atoms. The van der Waals surface area contributed by atoms with Crippen LogP contribution in [0.2, 0.25) is 0 Å².